The molecule has 1 N–H and O–H groups in total. The highest BCUT2D eigenvalue weighted by Crippen LogP contribution is 2.20. The first-order valence-corrected chi connectivity index (χ1v) is 8.59. The third-order valence-corrected chi connectivity index (χ3v) is 4.00. The molecule has 26 heavy (non-hydrogen) atoms. The molecule has 2 aromatic carbocycles. The molecule has 0 saturated heterocycles. The van der Waals surface area contributed by atoms with Gasteiger partial charge in [0.15, 0.2) is 0 Å². The lowest BCUT2D eigenvalue weighted by Gasteiger charge is -2.16. The highest BCUT2D eigenvalue weighted by Gasteiger charge is 2.15. The predicted molar refractivity (Wildman–Crippen MR) is 99.2 cm³/mol. The van der Waals surface area contributed by atoms with Crippen molar-refractivity contribution in [1.82, 2.24) is 20.1 Å². The van der Waals surface area contributed by atoms with Crippen LogP contribution in [0.1, 0.15) is 22.8 Å². The fourth-order valence-electron chi connectivity index (χ4n) is 2.48. The van der Waals surface area contributed by atoms with Gasteiger partial charge in [0.2, 0.25) is 0 Å². The molecule has 0 aliphatic heterocycles. The van der Waals surface area contributed by atoms with Gasteiger partial charge in [-0.2, -0.15) is 5.10 Å². The van der Waals surface area contributed by atoms with E-state index in [1.54, 1.807) is 23.1 Å². The van der Waals surface area contributed by atoms with Crippen molar-refractivity contribution >= 4 is 17.5 Å². The number of hydrogen-bond acceptors (Lipinski definition) is 4. The smallest absolute Gasteiger partial charge is 0.255 e. The van der Waals surface area contributed by atoms with E-state index in [2.05, 4.69) is 15.4 Å². The van der Waals surface area contributed by atoms with Gasteiger partial charge >= 0.3 is 0 Å². The summed E-state index contributed by atoms with van der Waals surface area (Å²) in [7, 11) is 0. The molecule has 6 nitrogen and oxygen atoms in total. The van der Waals surface area contributed by atoms with Crippen LogP contribution in [0.5, 0.6) is 5.75 Å². The summed E-state index contributed by atoms with van der Waals surface area (Å²) in [6, 6.07) is 14.5. The van der Waals surface area contributed by atoms with Gasteiger partial charge in [0.1, 0.15) is 25.0 Å². The molecular formula is C19H19ClN4O2. The summed E-state index contributed by atoms with van der Waals surface area (Å²) in [5, 5.41) is 7.67. The van der Waals surface area contributed by atoms with Gasteiger partial charge in [-0.1, -0.05) is 35.9 Å². The largest absolute Gasteiger partial charge is 0.488 e. The number of rotatable bonds is 7. The molecule has 0 aliphatic rings. The number of nitrogens with one attached hydrogen (secondary N) is 1. The van der Waals surface area contributed by atoms with Crippen molar-refractivity contribution in [1.29, 1.82) is 0 Å². The van der Waals surface area contributed by atoms with Gasteiger partial charge in [0.05, 0.1) is 12.1 Å². The summed E-state index contributed by atoms with van der Waals surface area (Å²) in [6.45, 7) is 2.81. The standard InChI is InChI=1S/C19H19ClN4O2/c1-14(10-24-13-21-12-22-24)23-19(25)17-4-2-3-5-18(17)26-11-15-6-8-16(20)9-7-15/h2-9,12-14H,10-11H2,1H3,(H,23,25). The summed E-state index contributed by atoms with van der Waals surface area (Å²) in [4.78, 5) is 16.5. The molecule has 1 aromatic heterocycles. The number of para-hydroxylation sites is 1. The maximum absolute atomic E-state index is 12.6. The van der Waals surface area contributed by atoms with Crippen molar-refractivity contribution in [2.75, 3.05) is 0 Å². The lowest BCUT2D eigenvalue weighted by atomic mass is 10.1. The third kappa shape index (κ3) is 4.83. The first kappa shape index (κ1) is 17.9. The average Bonchev–Trinajstić information content (AvgIpc) is 3.14. The Hall–Kier alpha value is -2.86. The van der Waals surface area contributed by atoms with Crippen LogP contribution in [0.3, 0.4) is 0 Å². The van der Waals surface area contributed by atoms with Gasteiger partial charge in [0.25, 0.3) is 5.91 Å². The van der Waals surface area contributed by atoms with Crippen LogP contribution in [-0.4, -0.2) is 26.7 Å². The van der Waals surface area contributed by atoms with E-state index in [-0.39, 0.29) is 11.9 Å². The van der Waals surface area contributed by atoms with Crippen molar-refractivity contribution in [3.8, 4) is 5.75 Å². The van der Waals surface area contributed by atoms with Crippen LogP contribution in [-0.2, 0) is 13.2 Å². The zero-order valence-corrected chi connectivity index (χ0v) is 15.1. The lowest BCUT2D eigenvalue weighted by molar-refractivity contribution is 0.0931. The van der Waals surface area contributed by atoms with Gasteiger partial charge in [-0.25, -0.2) is 4.98 Å². The molecule has 0 saturated carbocycles. The Bertz CT molecular complexity index is 850. The van der Waals surface area contributed by atoms with Crippen molar-refractivity contribution in [3.05, 3.63) is 77.3 Å². The number of aromatic nitrogens is 3. The van der Waals surface area contributed by atoms with Crippen molar-refractivity contribution in [2.45, 2.75) is 26.1 Å². The molecule has 0 aliphatic carbocycles. The molecule has 7 heteroatoms. The van der Waals surface area contributed by atoms with E-state index in [4.69, 9.17) is 16.3 Å². The van der Waals surface area contributed by atoms with Gasteiger partial charge in [-0.15, -0.1) is 0 Å². The fourth-order valence-corrected chi connectivity index (χ4v) is 2.60. The van der Waals surface area contributed by atoms with E-state index < -0.39 is 0 Å². The van der Waals surface area contributed by atoms with Crippen LogP contribution >= 0.6 is 11.6 Å². The molecule has 3 rings (SSSR count). The van der Waals surface area contributed by atoms with Crippen molar-refractivity contribution < 1.29 is 9.53 Å². The van der Waals surface area contributed by atoms with E-state index in [9.17, 15) is 4.79 Å². The van der Waals surface area contributed by atoms with Crippen molar-refractivity contribution in [3.63, 3.8) is 0 Å². The van der Waals surface area contributed by atoms with Crippen LogP contribution in [0.15, 0.2) is 61.2 Å². The number of benzene rings is 2. The summed E-state index contributed by atoms with van der Waals surface area (Å²) in [5.74, 6) is 0.345. The molecule has 1 unspecified atom stereocenters. The van der Waals surface area contributed by atoms with Gasteiger partial charge in [-0.3, -0.25) is 9.48 Å². The SMILES string of the molecule is CC(Cn1cncn1)NC(=O)c1ccccc1OCc1ccc(Cl)cc1. The van der Waals surface area contributed by atoms with E-state index in [0.29, 0.717) is 29.5 Å². The number of carbonyl (C=O) groups excluding carboxylic acids is 1. The summed E-state index contributed by atoms with van der Waals surface area (Å²) in [5.41, 5.74) is 1.47. The van der Waals surface area contributed by atoms with Crippen LogP contribution in [0.2, 0.25) is 5.02 Å². The molecule has 0 radical (unpaired) electrons. The zero-order valence-electron chi connectivity index (χ0n) is 14.3. The Morgan fingerprint density at radius 2 is 2.00 bits per heavy atom. The highest BCUT2D eigenvalue weighted by atomic mass is 35.5. The number of halogens is 1. The summed E-state index contributed by atoms with van der Waals surface area (Å²) >= 11 is 5.89. The Morgan fingerprint density at radius 1 is 1.23 bits per heavy atom. The minimum absolute atomic E-state index is 0.103. The van der Waals surface area contributed by atoms with Crippen LogP contribution in [0.4, 0.5) is 0 Å². The number of nitrogens with zero attached hydrogens (tertiary/aromatic N) is 3. The van der Waals surface area contributed by atoms with Gasteiger partial charge < -0.3 is 10.1 Å². The molecule has 0 bridgehead atoms. The number of carbonyl (C=O) groups is 1. The summed E-state index contributed by atoms with van der Waals surface area (Å²) in [6.07, 6.45) is 3.08. The second kappa shape index (κ2) is 8.49. The highest BCUT2D eigenvalue weighted by molar-refractivity contribution is 6.30. The van der Waals surface area contributed by atoms with Gasteiger partial charge in [-0.05, 0) is 36.8 Å². The normalized spacial score (nSPS) is 11.8. The first-order chi connectivity index (χ1) is 12.6. The third-order valence-electron chi connectivity index (χ3n) is 3.74. The second-order valence-electron chi connectivity index (χ2n) is 5.90. The first-order valence-electron chi connectivity index (χ1n) is 8.21. The summed E-state index contributed by atoms with van der Waals surface area (Å²) < 4.78 is 7.51. The quantitative estimate of drug-likeness (QED) is 0.692. The van der Waals surface area contributed by atoms with Crippen molar-refractivity contribution in [2.24, 2.45) is 0 Å². The second-order valence-corrected chi connectivity index (χ2v) is 6.34. The Morgan fingerprint density at radius 3 is 2.73 bits per heavy atom. The zero-order chi connectivity index (χ0) is 18.4. The predicted octanol–water partition coefficient (Wildman–Crippen LogP) is 3.33. The molecule has 3 aromatic rings. The minimum Gasteiger partial charge on any atom is -0.488 e. The topological polar surface area (TPSA) is 69.0 Å². The molecule has 1 atom stereocenters. The molecule has 0 fully saturated rings. The van der Waals surface area contributed by atoms with E-state index in [0.717, 1.165) is 5.56 Å². The van der Waals surface area contributed by atoms with E-state index >= 15 is 0 Å². The Balaban J connectivity index is 1.63. The monoisotopic (exact) mass is 370 g/mol. The maximum atomic E-state index is 12.6. The average molecular weight is 371 g/mol. The molecule has 0 spiro atoms. The number of amides is 1. The van der Waals surface area contributed by atoms with E-state index in [1.807, 2.05) is 43.3 Å². The molecule has 1 heterocycles. The lowest BCUT2D eigenvalue weighted by Crippen LogP contribution is -2.36. The minimum atomic E-state index is -0.190. The molecular weight excluding hydrogens is 352 g/mol. The number of hydrogen-bond donors (Lipinski definition) is 1. The van der Waals surface area contributed by atoms with E-state index in [1.165, 1.54) is 6.33 Å². The Kier molecular flexibility index (Phi) is 5.86. The van der Waals surface area contributed by atoms with Crippen LogP contribution in [0, 0.1) is 0 Å². The van der Waals surface area contributed by atoms with Crippen LogP contribution in [0.25, 0.3) is 0 Å². The maximum Gasteiger partial charge on any atom is 0.255 e. The number of ether oxygens (including phenoxy) is 1. The molecule has 134 valence electrons. The van der Waals surface area contributed by atoms with Gasteiger partial charge in [0, 0.05) is 11.1 Å². The fraction of sp³-hybridized carbons (Fsp3) is 0.211. The van der Waals surface area contributed by atoms with Crippen LogP contribution < -0.4 is 10.1 Å². The Labute approximate surface area is 156 Å². The molecule has 1 amide bonds.